The van der Waals surface area contributed by atoms with E-state index in [1.54, 1.807) is 16.4 Å². The number of rotatable bonds is 4. The van der Waals surface area contributed by atoms with E-state index in [1.165, 1.54) is 0 Å². The molecule has 158 valence electrons. The van der Waals surface area contributed by atoms with Crippen molar-refractivity contribution in [3.8, 4) is 5.75 Å². The van der Waals surface area contributed by atoms with Gasteiger partial charge in [0, 0.05) is 30.4 Å². The number of ether oxygens (including phenoxy) is 1. The fourth-order valence-corrected chi connectivity index (χ4v) is 5.72. The zero-order valence-electron chi connectivity index (χ0n) is 17.3. The van der Waals surface area contributed by atoms with E-state index in [0.717, 1.165) is 27.8 Å². The van der Waals surface area contributed by atoms with E-state index in [4.69, 9.17) is 4.74 Å². The van der Waals surface area contributed by atoms with E-state index < -0.39 is 10.0 Å². The van der Waals surface area contributed by atoms with Gasteiger partial charge in [0.1, 0.15) is 12.4 Å². The maximum atomic E-state index is 13.7. The molecule has 0 fully saturated rings. The molecule has 0 aliphatic carbocycles. The molecule has 3 aromatic carbocycles. The van der Waals surface area contributed by atoms with Crippen LogP contribution >= 0.6 is 0 Å². The molecule has 5 rings (SSSR count). The van der Waals surface area contributed by atoms with Crippen molar-refractivity contribution in [2.24, 2.45) is 0 Å². The second-order valence-electron chi connectivity index (χ2n) is 7.96. The van der Waals surface area contributed by atoms with Crippen LogP contribution in [0.3, 0.4) is 0 Å². The first-order chi connectivity index (χ1) is 15.0. The van der Waals surface area contributed by atoms with E-state index in [0.29, 0.717) is 11.4 Å². The first kappa shape index (κ1) is 19.8. The molecule has 5 nitrogen and oxygen atoms in total. The topological polar surface area (TPSA) is 51.5 Å². The van der Waals surface area contributed by atoms with Crippen molar-refractivity contribution in [3.05, 3.63) is 96.2 Å². The average Bonchev–Trinajstić information content (AvgIpc) is 3.08. The largest absolute Gasteiger partial charge is 0.492 e. The third kappa shape index (κ3) is 3.73. The Balaban J connectivity index is 1.57. The highest BCUT2D eigenvalue weighted by Gasteiger charge is 2.35. The van der Waals surface area contributed by atoms with Gasteiger partial charge in [0.05, 0.1) is 10.9 Å². The molecule has 0 saturated carbocycles. The summed E-state index contributed by atoms with van der Waals surface area (Å²) in [6, 6.07) is 24.5. The van der Waals surface area contributed by atoms with Crippen LogP contribution < -0.4 is 4.74 Å². The fourth-order valence-electron chi connectivity index (χ4n) is 4.14. The predicted molar refractivity (Wildman–Crippen MR) is 122 cm³/mol. The highest BCUT2D eigenvalue weighted by Crippen LogP contribution is 2.30. The van der Waals surface area contributed by atoms with Crippen molar-refractivity contribution in [2.75, 3.05) is 6.61 Å². The lowest BCUT2D eigenvalue weighted by Crippen LogP contribution is -2.44. The summed E-state index contributed by atoms with van der Waals surface area (Å²) in [5.41, 5.74) is 2.98. The molecule has 0 bridgehead atoms. The van der Waals surface area contributed by atoms with E-state index in [2.05, 4.69) is 22.8 Å². The zero-order chi connectivity index (χ0) is 21.4. The molecule has 4 aromatic rings. The third-order valence-electron chi connectivity index (χ3n) is 5.85. The maximum absolute atomic E-state index is 13.7. The summed E-state index contributed by atoms with van der Waals surface area (Å²) in [5, 5.41) is 1.13. The number of hydrogen-bond acceptors (Lipinski definition) is 3. The number of sulfonamides is 1. The first-order valence-corrected chi connectivity index (χ1v) is 11.8. The molecule has 1 aliphatic heterocycles. The number of fused-ring (bicyclic) bond motifs is 2. The second kappa shape index (κ2) is 7.87. The number of hydrogen-bond donors (Lipinski definition) is 0. The van der Waals surface area contributed by atoms with Crippen LogP contribution in [0.5, 0.6) is 5.75 Å². The number of aromatic nitrogens is 1. The van der Waals surface area contributed by atoms with Crippen molar-refractivity contribution in [3.63, 3.8) is 0 Å². The van der Waals surface area contributed by atoms with Crippen molar-refractivity contribution in [2.45, 2.75) is 31.0 Å². The normalized spacial score (nSPS) is 17.1. The molecule has 0 saturated heterocycles. The Morgan fingerprint density at radius 3 is 2.52 bits per heavy atom. The molecule has 0 amide bonds. The van der Waals surface area contributed by atoms with Gasteiger partial charge in [-0.3, -0.25) is 0 Å². The van der Waals surface area contributed by atoms with E-state index in [9.17, 15) is 8.42 Å². The summed E-state index contributed by atoms with van der Waals surface area (Å²) in [6.07, 6.45) is 2.01. The molecule has 0 N–H and O–H groups in total. The summed E-state index contributed by atoms with van der Waals surface area (Å²) in [6.45, 7) is 3.02. The van der Waals surface area contributed by atoms with Crippen LogP contribution in [0.4, 0.5) is 0 Å². The van der Waals surface area contributed by atoms with Gasteiger partial charge in [0.2, 0.25) is 10.0 Å². The SMILES string of the molecule is Cc1ccc(S(=O)(=O)N2Cc3ccccc3OC[C@@H]2Cn2ccc3ccccc32)cc1. The van der Waals surface area contributed by atoms with Crippen LogP contribution in [0.1, 0.15) is 11.1 Å². The van der Waals surface area contributed by atoms with Crippen LogP contribution in [-0.2, 0) is 23.1 Å². The molecule has 31 heavy (non-hydrogen) atoms. The Hall–Kier alpha value is -3.09. The van der Waals surface area contributed by atoms with Crippen LogP contribution in [0.15, 0.2) is 90.0 Å². The molecule has 0 radical (unpaired) electrons. The minimum atomic E-state index is -3.71. The molecule has 2 heterocycles. The van der Waals surface area contributed by atoms with Gasteiger partial charge in [-0.05, 0) is 42.6 Å². The van der Waals surface area contributed by atoms with Crippen molar-refractivity contribution < 1.29 is 13.2 Å². The van der Waals surface area contributed by atoms with Gasteiger partial charge < -0.3 is 9.30 Å². The molecule has 0 unspecified atom stereocenters. The van der Waals surface area contributed by atoms with Gasteiger partial charge in [0.25, 0.3) is 0 Å². The smallest absolute Gasteiger partial charge is 0.243 e. The number of benzene rings is 3. The molecule has 1 atom stereocenters. The first-order valence-electron chi connectivity index (χ1n) is 10.4. The van der Waals surface area contributed by atoms with Gasteiger partial charge in [-0.2, -0.15) is 4.31 Å². The Morgan fingerprint density at radius 2 is 1.68 bits per heavy atom. The monoisotopic (exact) mass is 432 g/mol. The second-order valence-corrected chi connectivity index (χ2v) is 9.85. The van der Waals surface area contributed by atoms with Crippen LogP contribution in [-0.4, -0.2) is 29.9 Å². The average molecular weight is 433 g/mol. The molecule has 1 aromatic heterocycles. The van der Waals surface area contributed by atoms with E-state index >= 15 is 0 Å². The highest BCUT2D eigenvalue weighted by atomic mass is 32.2. The molecule has 1 aliphatic rings. The lowest BCUT2D eigenvalue weighted by atomic mass is 10.2. The number of para-hydroxylation sites is 2. The Labute approximate surface area is 182 Å². The van der Waals surface area contributed by atoms with E-state index in [1.807, 2.05) is 61.7 Å². The third-order valence-corrected chi connectivity index (χ3v) is 7.77. The van der Waals surface area contributed by atoms with Gasteiger partial charge in [-0.1, -0.05) is 54.1 Å². The van der Waals surface area contributed by atoms with E-state index in [-0.39, 0.29) is 19.2 Å². The van der Waals surface area contributed by atoms with Gasteiger partial charge in [-0.15, -0.1) is 0 Å². The summed E-state index contributed by atoms with van der Waals surface area (Å²) in [4.78, 5) is 0.305. The minimum Gasteiger partial charge on any atom is -0.492 e. The fraction of sp³-hybridized carbons (Fsp3) is 0.200. The van der Waals surface area contributed by atoms with Gasteiger partial charge in [0.15, 0.2) is 0 Å². The molecular formula is C25H24N2O3S. The number of aryl methyl sites for hydroxylation is 1. The lowest BCUT2D eigenvalue weighted by molar-refractivity contribution is 0.204. The van der Waals surface area contributed by atoms with Crippen LogP contribution in [0.25, 0.3) is 10.9 Å². The molecule has 6 heteroatoms. The van der Waals surface area contributed by atoms with Crippen LogP contribution in [0.2, 0.25) is 0 Å². The summed E-state index contributed by atoms with van der Waals surface area (Å²) < 4.78 is 37.2. The zero-order valence-corrected chi connectivity index (χ0v) is 18.1. The summed E-state index contributed by atoms with van der Waals surface area (Å²) in [5.74, 6) is 0.742. The van der Waals surface area contributed by atoms with Crippen molar-refractivity contribution >= 4 is 20.9 Å². The Bertz CT molecular complexity index is 1330. The number of nitrogens with zero attached hydrogens (tertiary/aromatic N) is 2. The Morgan fingerprint density at radius 1 is 0.935 bits per heavy atom. The molecular weight excluding hydrogens is 408 g/mol. The van der Waals surface area contributed by atoms with Crippen LogP contribution in [0, 0.1) is 6.92 Å². The van der Waals surface area contributed by atoms with Gasteiger partial charge in [-0.25, -0.2) is 8.42 Å². The lowest BCUT2D eigenvalue weighted by Gasteiger charge is -2.29. The quantitative estimate of drug-likeness (QED) is 0.474. The van der Waals surface area contributed by atoms with Crippen molar-refractivity contribution in [1.29, 1.82) is 0 Å². The standard InChI is InChI=1S/C25H24N2O3S/c1-19-10-12-23(13-11-19)31(28,29)27-16-21-7-3-5-9-25(21)30-18-22(27)17-26-15-14-20-6-2-4-8-24(20)26/h2-15,22H,16-18H2,1H3/t22-/m0/s1. The van der Waals surface area contributed by atoms with Crippen molar-refractivity contribution in [1.82, 2.24) is 8.87 Å². The minimum absolute atomic E-state index is 0.274. The summed E-state index contributed by atoms with van der Waals surface area (Å²) >= 11 is 0. The maximum Gasteiger partial charge on any atom is 0.243 e. The Kier molecular flexibility index (Phi) is 5.04. The summed E-state index contributed by atoms with van der Waals surface area (Å²) in [7, 11) is -3.71. The highest BCUT2D eigenvalue weighted by molar-refractivity contribution is 7.89. The predicted octanol–water partition coefficient (Wildman–Crippen LogP) is 4.60. The van der Waals surface area contributed by atoms with Gasteiger partial charge >= 0.3 is 0 Å². The molecule has 0 spiro atoms.